The number of anilines is 2. The summed E-state index contributed by atoms with van der Waals surface area (Å²) in [5.74, 6) is 0.237. The lowest BCUT2D eigenvalue weighted by atomic mass is 10.2. The van der Waals surface area contributed by atoms with Crippen LogP contribution in [-0.4, -0.2) is 11.7 Å². The van der Waals surface area contributed by atoms with Crippen LogP contribution in [0.5, 0.6) is 5.75 Å². The first kappa shape index (κ1) is 13.4. The molecule has 0 heterocycles. The number of nitriles is 1. The van der Waals surface area contributed by atoms with Crippen molar-refractivity contribution in [2.45, 2.75) is 6.92 Å². The van der Waals surface area contributed by atoms with E-state index < -0.39 is 0 Å². The van der Waals surface area contributed by atoms with E-state index in [-0.39, 0.29) is 5.75 Å². The Hall–Kier alpha value is -1.99. The van der Waals surface area contributed by atoms with Gasteiger partial charge in [-0.2, -0.15) is 5.26 Å². The fourth-order valence-corrected chi connectivity index (χ4v) is 2.54. The van der Waals surface area contributed by atoms with Gasteiger partial charge in [0.2, 0.25) is 0 Å². The highest BCUT2D eigenvalue weighted by molar-refractivity contribution is 9.10. The second-order valence-corrected chi connectivity index (χ2v) is 4.90. The minimum absolute atomic E-state index is 0.237. The van der Waals surface area contributed by atoms with Crippen molar-refractivity contribution in [3.8, 4) is 11.8 Å². The Balaban J connectivity index is 2.46. The summed E-state index contributed by atoms with van der Waals surface area (Å²) in [7, 11) is 0. The first-order valence-electron chi connectivity index (χ1n) is 5.92. The molecule has 0 aliphatic carbocycles. The minimum Gasteiger partial charge on any atom is -0.508 e. The van der Waals surface area contributed by atoms with Crippen molar-refractivity contribution >= 4 is 27.3 Å². The van der Waals surface area contributed by atoms with Crippen LogP contribution in [0.3, 0.4) is 0 Å². The lowest BCUT2D eigenvalue weighted by molar-refractivity contribution is 0.475. The van der Waals surface area contributed by atoms with Crippen LogP contribution in [0.25, 0.3) is 0 Å². The zero-order chi connectivity index (χ0) is 13.8. The largest absolute Gasteiger partial charge is 0.508 e. The second kappa shape index (κ2) is 5.77. The molecular weight excluding hydrogens is 304 g/mol. The number of hydrogen-bond donors (Lipinski definition) is 1. The summed E-state index contributed by atoms with van der Waals surface area (Å²) in [6.45, 7) is 2.79. The van der Waals surface area contributed by atoms with Gasteiger partial charge in [0.25, 0.3) is 0 Å². The number of hydrogen-bond acceptors (Lipinski definition) is 3. The van der Waals surface area contributed by atoms with Gasteiger partial charge in [-0.15, -0.1) is 0 Å². The molecule has 0 unspecified atom stereocenters. The van der Waals surface area contributed by atoms with Crippen LogP contribution in [0, 0.1) is 11.3 Å². The normalized spacial score (nSPS) is 9.95. The van der Waals surface area contributed by atoms with Gasteiger partial charge in [0, 0.05) is 22.8 Å². The van der Waals surface area contributed by atoms with E-state index in [2.05, 4.69) is 26.9 Å². The van der Waals surface area contributed by atoms with Gasteiger partial charge in [-0.05, 0) is 53.2 Å². The third kappa shape index (κ3) is 2.88. The lowest BCUT2D eigenvalue weighted by Crippen LogP contribution is -2.16. The van der Waals surface area contributed by atoms with Gasteiger partial charge >= 0.3 is 0 Å². The van der Waals surface area contributed by atoms with Gasteiger partial charge in [-0.3, -0.25) is 0 Å². The van der Waals surface area contributed by atoms with Crippen LogP contribution in [0.1, 0.15) is 12.5 Å². The Kier molecular flexibility index (Phi) is 4.08. The average Bonchev–Trinajstić information content (AvgIpc) is 2.41. The van der Waals surface area contributed by atoms with Gasteiger partial charge in [0.1, 0.15) is 5.75 Å². The molecule has 0 aliphatic heterocycles. The predicted molar refractivity (Wildman–Crippen MR) is 79.6 cm³/mol. The van der Waals surface area contributed by atoms with Gasteiger partial charge in [-0.1, -0.05) is 6.07 Å². The molecule has 0 amide bonds. The first-order chi connectivity index (χ1) is 9.15. The van der Waals surface area contributed by atoms with Gasteiger partial charge in [-0.25, -0.2) is 0 Å². The number of rotatable bonds is 3. The SMILES string of the molecule is CCN(c1cccc(O)c1)c1ccc(C#N)cc1Br. The van der Waals surface area contributed by atoms with Crippen molar-refractivity contribution in [3.05, 3.63) is 52.5 Å². The van der Waals surface area contributed by atoms with E-state index >= 15 is 0 Å². The van der Waals surface area contributed by atoms with Crippen molar-refractivity contribution in [2.75, 3.05) is 11.4 Å². The smallest absolute Gasteiger partial charge is 0.117 e. The summed E-state index contributed by atoms with van der Waals surface area (Å²) < 4.78 is 0.858. The zero-order valence-electron chi connectivity index (χ0n) is 10.5. The predicted octanol–water partition coefficient (Wildman–Crippen LogP) is 4.18. The summed E-state index contributed by atoms with van der Waals surface area (Å²) in [5.41, 5.74) is 2.49. The molecule has 0 atom stereocenters. The maximum absolute atomic E-state index is 9.57. The Morgan fingerprint density at radius 3 is 2.63 bits per heavy atom. The van der Waals surface area contributed by atoms with Crippen LogP contribution < -0.4 is 4.90 Å². The molecule has 0 saturated carbocycles. The summed E-state index contributed by atoms with van der Waals surface area (Å²) in [5, 5.41) is 18.5. The molecule has 0 saturated heterocycles. The number of halogens is 1. The molecule has 0 aliphatic rings. The number of aromatic hydroxyl groups is 1. The average molecular weight is 317 g/mol. The lowest BCUT2D eigenvalue weighted by Gasteiger charge is -2.24. The Morgan fingerprint density at radius 1 is 1.26 bits per heavy atom. The van der Waals surface area contributed by atoms with Gasteiger partial charge in [0.05, 0.1) is 17.3 Å². The van der Waals surface area contributed by atoms with Crippen LogP contribution in [0.2, 0.25) is 0 Å². The molecule has 0 fully saturated rings. The van der Waals surface area contributed by atoms with E-state index in [1.54, 1.807) is 24.3 Å². The summed E-state index contributed by atoms with van der Waals surface area (Å²) in [6.07, 6.45) is 0. The molecule has 96 valence electrons. The topological polar surface area (TPSA) is 47.3 Å². The highest BCUT2D eigenvalue weighted by Gasteiger charge is 2.11. The number of nitrogens with zero attached hydrogens (tertiary/aromatic N) is 2. The van der Waals surface area contributed by atoms with E-state index in [0.717, 1.165) is 22.4 Å². The molecule has 2 rings (SSSR count). The first-order valence-corrected chi connectivity index (χ1v) is 6.71. The van der Waals surface area contributed by atoms with Crippen LogP contribution in [0.15, 0.2) is 46.9 Å². The maximum Gasteiger partial charge on any atom is 0.117 e. The second-order valence-electron chi connectivity index (χ2n) is 4.04. The van der Waals surface area contributed by atoms with E-state index in [1.165, 1.54) is 0 Å². The summed E-state index contributed by atoms with van der Waals surface area (Å²) in [6, 6.07) is 14.7. The summed E-state index contributed by atoms with van der Waals surface area (Å²) in [4.78, 5) is 2.06. The monoisotopic (exact) mass is 316 g/mol. The molecule has 19 heavy (non-hydrogen) atoms. The van der Waals surface area contributed by atoms with Crippen molar-refractivity contribution in [2.24, 2.45) is 0 Å². The van der Waals surface area contributed by atoms with Gasteiger partial charge < -0.3 is 10.0 Å². The standard InChI is InChI=1S/C15H13BrN2O/c1-2-18(12-4-3-5-13(19)9-12)15-7-6-11(10-17)8-14(15)16/h3-9,19H,2H2,1H3. The van der Waals surface area contributed by atoms with E-state index in [0.29, 0.717) is 5.56 Å². The third-order valence-corrected chi connectivity index (χ3v) is 3.46. The van der Waals surface area contributed by atoms with Gasteiger partial charge in [0.15, 0.2) is 0 Å². The van der Waals surface area contributed by atoms with E-state index in [9.17, 15) is 5.11 Å². The molecule has 2 aromatic rings. The van der Waals surface area contributed by atoms with Crippen molar-refractivity contribution in [1.29, 1.82) is 5.26 Å². The molecule has 0 aromatic heterocycles. The van der Waals surface area contributed by atoms with Crippen molar-refractivity contribution in [3.63, 3.8) is 0 Å². The highest BCUT2D eigenvalue weighted by atomic mass is 79.9. The Morgan fingerprint density at radius 2 is 2.05 bits per heavy atom. The zero-order valence-corrected chi connectivity index (χ0v) is 12.1. The number of phenols is 1. The highest BCUT2D eigenvalue weighted by Crippen LogP contribution is 2.33. The molecule has 0 spiro atoms. The number of phenolic OH excluding ortho intramolecular Hbond substituents is 1. The molecule has 4 heteroatoms. The fraction of sp³-hybridized carbons (Fsp3) is 0.133. The van der Waals surface area contributed by atoms with E-state index in [1.807, 2.05) is 25.1 Å². The minimum atomic E-state index is 0.237. The van der Waals surface area contributed by atoms with Crippen molar-refractivity contribution in [1.82, 2.24) is 0 Å². The molecule has 0 bridgehead atoms. The summed E-state index contributed by atoms with van der Waals surface area (Å²) >= 11 is 3.49. The third-order valence-electron chi connectivity index (χ3n) is 2.83. The molecule has 1 N–H and O–H groups in total. The van der Waals surface area contributed by atoms with Crippen LogP contribution >= 0.6 is 15.9 Å². The Bertz CT molecular complexity index is 634. The molecule has 0 radical (unpaired) electrons. The fourth-order valence-electron chi connectivity index (χ4n) is 1.95. The van der Waals surface area contributed by atoms with Crippen molar-refractivity contribution < 1.29 is 5.11 Å². The quantitative estimate of drug-likeness (QED) is 0.923. The van der Waals surface area contributed by atoms with Crippen LogP contribution in [-0.2, 0) is 0 Å². The molecule has 2 aromatic carbocycles. The Labute approximate surface area is 120 Å². The number of benzene rings is 2. The van der Waals surface area contributed by atoms with E-state index in [4.69, 9.17) is 5.26 Å². The molecular formula is C15H13BrN2O. The maximum atomic E-state index is 9.57. The molecule has 3 nitrogen and oxygen atoms in total. The van der Waals surface area contributed by atoms with Crippen LogP contribution in [0.4, 0.5) is 11.4 Å².